The number of benzene rings is 1. The minimum atomic E-state index is -3.74. The number of hydrazone groups is 1. The number of esters is 1. The number of rotatable bonds is 7. The molecule has 10 nitrogen and oxygen atoms in total. The van der Waals surface area contributed by atoms with Crippen molar-refractivity contribution < 1.29 is 31.6 Å². The Morgan fingerprint density at radius 2 is 1.92 bits per heavy atom. The van der Waals surface area contributed by atoms with E-state index in [0.717, 1.165) is 34.9 Å². The number of sulfonamides is 1. The van der Waals surface area contributed by atoms with Gasteiger partial charge in [-0.1, -0.05) is 6.07 Å². The van der Waals surface area contributed by atoms with Gasteiger partial charge in [-0.2, -0.15) is 5.10 Å². The molecule has 0 radical (unpaired) electrons. The minimum absolute atomic E-state index is 0.0217. The molecule has 3 aromatic rings. The van der Waals surface area contributed by atoms with Gasteiger partial charge in [-0.3, -0.25) is 4.79 Å². The molecule has 0 bridgehead atoms. The Bertz CT molecular complexity index is 1490. The summed E-state index contributed by atoms with van der Waals surface area (Å²) >= 11 is 0. The van der Waals surface area contributed by atoms with E-state index < -0.39 is 34.5 Å². The third-order valence-electron chi connectivity index (χ3n) is 6.63. The van der Waals surface area contributed by atoms with E-state index in [-0.39, 0.29) is 16.4 Å². The van der Waals surface area contributed by atoms with Gasteiger partial charge in [-0.05, 0) is 73.4 Å². The number of nitrogens with zero attached hydrogens (tertiary/aromatic N) is 3. The van der Waals surface area contributed by atoms with Crippen molar-refractivity contribution in [2.75, 3.05) is 20.7 Å². The number of carbonyl (C=O) groups is 2. The van der Waals surface area contributed by atoms with Crippen molar-refractivity contribution in [1.82, 2.24) is 9.31 Å². The summed E-state index contributed by atoms with van der Waals surface area (Å²) in [6.07, 6.45) is 7.61. The summed E-state index contributed by atoms with van der Waals surface area (Å²) in [5.41, 5.74) is 1.79. The van der Waals surface area contributed by atoms with E-state index in [2.05, 4.69) is 5.10 Å². The van der Waals surface area contributed by atoms with Crippen LogP contribution in [0.5, 0.6) is 0 Å². The highest BCUT2D eigenvalue weighted by molar-refractivity contribution is 7.89. The third kappa shape index (κ3) is 4.94. The second-order valence-corrected chi connectivity index (χ2v) is 11.4. The van der Waals surface area contributed by atoms with Crippen molar-refractivity contribution in [3.05, 3.63) is 83.7 Å². The SMILES string of the molecule is CN(C)S(=O)(=O)c1cccc(C(=O)OCC(=O)N2N=C3/C(=C\c4ccco4)CCC[C@@H]3[C@@H]2c2ccco2)c1. The van der Waals surface area contributed by atoms with Crippen molar-refractivity contribution in [1.29, 1.82) is 0 Å². The number of allylic oxidation sites excluding steroid dienone is 1. The van der Waals surface area contributed by atoms with E-state index in [1.54, 1.807) is 24.7 Å². The Labute approximate surface area is 220 Å². The first-order chi connectivity index (χ1) is 18.3. The van der Waals surface area contributed by atoms with Crippen LogP contribution in [-0.2, 0) is 19.6 Å². The molecule has 5 rings (SSSR count). The van der Waals surface area contributed by atoms with Gasteiger partial charge in [0.2, 0.25) is 10.0 Å². The van der Waals surface area contributed by atoms with Gasteiger partial charge in [0.1, 0.15) is 17.6 Å². The maximum Gasteiger partial charge on any atom is 0.338 e. The van der Waals surface area contributed by atoms with Crippen LogP contribution in [0.4, 0.5) is 0 Å². The van der Waals surface area contributed by atoms with E-state index in [1.165, 1.54) is 43.4 Å². The molecule has 1 amide bonds. The molecule has 2 aromatic heterocycles. The van der Waals surface area contributed by atoms with Crippen LogP contribution in [-0.4, -0.2) is 56.0 Å². The standard InChI is InChI=1S/C27H27N3O7S/c1-29(2)38(33,34)21-10-3-8-19(16-21)27(32)37-17-24(31)30-26(23-12-6-14-36-23)22-11-4-7-18(25(22)28-30)15-20-9-5-13-35-20/h3,5-6,8-10,12-16,22,26H,4,7,11,17H2,1-2H3/b18-15-/t22-,26+/m0/s1. The average Bonchev–Trinajstić information content (AvgIpc) is 3.68. The van der Waals surface area contributed by atoms with E-state index >= 15 is 0 Å². The fraction of sp³-hybridized carbons (Fsp3) is 0.296. The highest BCUT2D eigenvalue weighted by Crippen LogP contribution is 2.44. The Morgan fingerprint density at radius 1 is 1.13 bits per heavy atom. The van der Waals surface area contributed by atoms with Crippen molar-refractivity contribution >= 4 is 33.7 Å². The van der Waals surface area contributed by atoms with Crippen molar-refractivity contribution in [3.8, 4) is 0 Å². The van der Waals surface area contributed by atoms with Crippen LogP contribution in [0.2, 0.25) is 0 Å². The van der Waals surface area contributed by atoms with E-state index in [1.807, 2.05) is 18.2 Å². The van der Waals surface area contributed by atoms with Crippen LogP contribution in [0.25, 0.3) is 6.08 Å². The second-order valence-electron chi connectivity index (χ2n) is 9.26. The second kappa shape index (κ2) is 10.4. The van der Waals surface area contributed by atoms with Crippen LogP contribution in [0.3, 0.4) is 0 Å². The average molecular weight is 538 g/mol. The van der Waals surface area contributed by atoms with Crippen molar-refractivity contribution in [2.24, 2.45) is 11.0 Å². The number of ether oxygens (including phenoxy) is 1. The zero-order valence-corrected chi connectivity index (χ0v) is 21.8. The van der Waals surface area contributed by atoms with Gasteiger partial charge >= 0.3 is 5.97 Å². The summed E-state index contributed by atoms with van der Waals surface area (Å²) in [6, 6.07) is 12.3. The topological polar surface area (TPSA) is 123 Å². The highest BCUT2D eigenvalue weighted by atomic mass is 32.2. The van der Waals surface area contributed by atoms with Crippen molar-refractivity contribution in [3.63, 3.8) is 0 Å². The molecule has 1 fully saturated rings. The number of hydrogen-bond acceptors (Lipinski definition) is 8. The number of furan rings is 2. The van der Waals surface area contributed by atoms with Gasteiger partial charge in [0.15, 0.2) is 6.61 Å². The zero-order valence-electron chi connectivity index (χ0n) is 20.9. The monoisotopic (exact) mass is 537 g/mol. The first-order valence-electron chi connectivity index (χ1n) is 12.1. The maximum absolute atomic E-state index is 13.3. The third-order valence-corrected chi connectivity index (χ3v) is 8.44. The lowest BCUT2D eigenvalue weighted by Crippen LogP contribution is -2.34. The molecule has 198 valence electrons. The van der Waals surface area contributed by atoms with Crippen LogP contribution < -0.4 is 0 Å². The Morgan fingerprint density at radius 3 is 2.63 bits per heavy atom. The summed E-state index contributed by atoms with van der Waals surface area (Å²) in [5.74, 6) is -0.115. The molecular formula is C27H27N3O7S. The molecule has 1 aromatic carbocycles. The van der Waals surface area contributed by atoms with E-state index in [0.29, 0.717) is 11.5 Å². The number of carbonyl (C=O) groups excluding carboxylic acids is 2. The molecule has 0 unspecified atom stereocenters. The van der Waals surface area contributed by atoms with Gasteiger partial charge in [0.05, 0.1) is 28.7 Å². The summed E-state index contributed by atoms with van der Waals surface area (Å²) in [6.45, 7) is -0.568. The molecule has 11 heteroatoms. The summed E-state index contributed by atoms with van der Waals surface area (Å²) in [5, 5.41) is 6.01. The van der Waals surface area contributed by atoms with Gasteiger partial charge < -0.3 is 13.6 Å². The number of amides is 1. The summed E-state index contributed by atoms with van der Waals surface area (Å²) in [7, 11) is -0.933. The molecule has 0 N–H and O–H groups in total. The Hall–Kier alpha value is -3.96. The molecule has 3 heterocycles. The summed E-state index contributed by atoms with van der Waals surface area (Å²) in [4.78, 5) is 26.0. The van der Waals surface area contributed by atoms with Crippen LogP contribution in [0, 0.1) is 5.92 Å². The molecule has 2 atom stereocenters. The molecule has 1 aliphatic heterocycles. The van der Waals surface area contributed by atoms with Crippen molar-refractivity contribution in [2.45, 2.75) is 30.2 Å². The number of hydrogen-bond donors (Lipinski definition) is 0. The first kappa shape index (κ1) is 25.7. The number of fused-ring (bicyclic) bond motifs is 1. The smallest absolute Gasteiger partial charge is 0.338 e. The lowest BCUT2D eigenvalue weighted by Gasteiger charge is -2.27. The molecule has 1 aliphatic carbocycles. The van der Waals surface area contributed by atoms with Gasteiger partial charge in [0, 0.05) is 20.0 Å². The molecule has 0 saturated heterocycles. The Balaban J connectivity index is 1.37. The van der Waals surface area contributed by atoms with E-state index in [4.69, 9.17) is 13.6 Å². The molecular weight excluding hydrogens is 510 g/mol. The normalized spacial score (nSPS) is 20.4. The largest absolute Gasteiger partial charge is 0.467 e. The fourth-order valence-corrected chi connectivity index (χ4v) is 5.71. The Kier molecular flexibility index (Phi) is 7.04. The van der Waals surface area contributed by atoms with Gasteiger partial charge in [0.25, 0.3) is 5.91 Å². The predicted molar refractivity (Wildman–Crippen MR) is 137 cm³/mol. The molecule has 2 aliphatic rings. The fourth-order valence-electron chi connectivity index (χ4n) is 4.76. The lowest BCUT2D eigenvalue weighted by atomic mass is 9.79. The van der Waals surface area contributed by atoms with Crippen LogP contribution >= 0.6 is 0 Å². The quantitative estimate of drug-likeness (QED) is 0.416. The highest BCUT2D eigenvalue weighted by Gasteiger charge is 2.45. The first-order valence-corrected chi connectivity index (χ1v) is 13.6. The van der Waals surface area contributed by atoms with Crippen LogP contribution in [0.15, 0.2) is 85.5 Å². The minimum Gasteiger partial charge on any atom is -0.467 e. The zero-order chi connectivity index (χ0) is 26.9. The predicted octanol–water partition coefficient (Wildman–Crippen LogP) is 4.10. The lowest BCUT2D eigenvalue weighted by molar-refractivity contribution is -0.137. The van der Waals surface area contributed by atoms with Gasteiger partial charge in [-0.15, -0.1) is 0 Å². The molecule has 0 spiro atoms. The van der Waals surface area contributed by atoms with Crippen LogP contribution in [0.1, 0.15) is 47.2 Å². The molecule has 38 heavy (non-hydrogen) atoms. The van der Waals surface area contributed by atoms with Gasteiger partial charge in [-0.25, -0.2) is 22.5 Å². The van der Waals surface area contributed by atoms with E-state index in [9.17, 15) is 18.0 Å². The maximum atomic E-state index is 13.3. The summed E-state index contributed by atoms with van der Waals surface area (Å²) < 4.78 is 42.3. The molecule has 1 saturated carbocycles.